The molecule has 0 spiro atoms. The number of hydrogen-bond acceptors (Lipinski definition) is 2. The van der Waals surface area contributed by atoms with E-state index in [1.165, 1.54) is 10.5 Å². The number of aryl methyl sites for hydroxylation is 2. The summed E-state index contributed by atoms with van der Waals surface area (Å²) < 4.78 is 0. The number of carbonyl (C=O) groups is 2. The van der Waals surface area contributed by atoms with Crippen LogP contribution in [0.5, 0.6) is 0 Å². The summed E-state index contributed by atoms with van der Waals surface area (Å²) >= 11 is 0. The van der Waals surface area contributed by atoms with Crippen LogP contribution < -0.4 is 4.90 Å². The highest BCUT2D eigenvalue weighted by Gasteiger charge is 2.48. The number of rotatable bonds is 1. The Morgan fingerprint density at radius 2 is 1.53 bits per heavy atom. The summed E-state index contributed by atoms with van der Waals surface area (Å²) in [5, 5.41) is 0. The average Bonchev–Trinajstić information content (AvgIpc) is 2.66. The van der Waals surface area contributed by atoms with Crippen LogP contribution in [0.2, 0.25) is 0 Å². The lowest BCUT2D eigenvalue weighted by Crippen LogP contribution is -2.30. The highest BCUT2D eigenvalue weighted by atomic mass is 16.2. The molecule has 0 aromatic heterocycles. The molecule has 1 saturated carbocycles. The molecule has 0 radical (unpaired) electrons. The monoisotopic (exact) mass is 257 g/mol. The van der Waals surface area contributed by atoms with Gasteiger partial charge in [0, 0.05) is 0 Å². The fourth-order valence-electron chi connectivity index (χ4n) is 3.28. The van der Waals surface area contributed by atoms with Crippen molar-refractivity contribution in [3.63, 3.8) is 0 Å². The molecule has 2 fully saturated rings. The molecule has 1 aliphatic carbocycles. The van der Waals surface area contributed by atoms with E-state index < -0.39 is 0 Å². The summed E-state index contributed by atoms with van der Waals surface area (Å²) in [5.74, 6) is -0.110. The molecular formula is C16H19NO2. The first-order valence-corrected chi connectivity index (χ1v) is 7.04. The van der Waals surface area contributed by atoms with Crippen molar-refractivity contribution >= 4 is 17.5 Å². The lowest BCUT2D eigenvalue weighted by atomic mass is 9.81. The van der Waals surface area contributed by atoms with Gasteiger partial charge >= 0.3 is 0 Å². The van der Waals surface area contributed by atoms with Crippen LogP contribution in [0.15, 0.2) is 18.2 Å². The van der Waals surface area contributed by atoms with Crippen LogP contribution >= 0.6 is 0 Å². The SMILES string of the molecule is Cc1ccc(N2C(=O)[C@H]3CCCC[C@H]3C2=O)cc1C. The number of benzene rings is 1. The summed E-state index contributed by atoms with van der Waals surface area (Å²) in [5.41, 5.74) is 3.04. The molecule has 1 saturated heterocycles. The van der Waals surface area contributed by atoms with E-state index in [0.29, 0.717) is 0 Å². The molecule has 19 heavy (non-hydrogen) atoms. The standard InChI is InChI=1S/C16H19NO2/c1-10-7-8-12(9-11(10)2)17-15(18)13-5-3-4-6-14(13)16(17)19/h7-9,13-14H,3-6H2,1-2H3/t13-,14+. The van der Waals surface area contributed by atoms with Gasteiger partial charge in [0.15, 0.2) is 0 Å². The summed E-state index contributed by atoms with van der Waals surface area (Å²) in [6.45, 7) is 4.05. The van der Waals surface area contributed by atoms with Gasteiger partial charge < -0.3 is 0 Å². The van der Waals surface area contributed by atoms with E-state index >= 15 is 0 Å². The van der Waals surface area contributed by atoms with E-state index in [1.807, 2.05) is 32.0 Å². The van der Waals surface area contributed by atoms with Gasteiger partial charge in [0.1, 0.15) is 0 Å². The minimum absolute atomic E-state index is 0.0120. The number of imide groups is 1. The second-order valence-electron chi connectivity index (χ2n) is 5.78. The maximum Gasteiger partial charge on any atom is 0.237 e. The van der Waals surface area contributed by atoms with Crippen LogP contribution in [0.3, 0.4) is 0 Å². The summed E-state index contributed by atoms with van der Waals surface area (Å²) in [6.07, 6.45) is 3.88. The summed E-state index contributed by atoms with van der Waals surface area (Å²) in [4.78, 5) is 26.3. The van der Waals surface area contributed by atoms with E-state index in [9.17, 15) is 9.59 Å². The molecule has 1 aromatic carbocycles. The van der Waals surface area contributed by atoms with Crippen molar-refractivity contribution in [3.8, 4) is 0 Å². The van der Waals surface area contributed by atoms with Gasteiger partial charge in [0.2, 0.25) is 11.8 Å². The van der Waals surface area contributed by atoms with Gasteiger partial charge in [-0.1, -0.05) is 18.9 Å². The third kappa shape index (κ3) is 1.88. The van der Waals surface area contributed by atoms with Gasteiger partial charge in [-0.05, 0) is 49.9 Å². The molecule has 3 heteroatoms. The third-order valence-electron chi connectivity index (χ3n) is 4.59. The van der Waals surface area contributed by atoms with E-state index in [-0.39, 0.29) is 23.7 Å². The molecule has 1 aliphatic heterocycles. The predicted octanol–water partition coefficient (Wildman–Crippen LogP) is 2.98. The molecular weight excluding hydrogens is 238 g/mol. The minimum atomic E-state index is -0.0668. The topological polar surface area (TPSA) is 37.4 Å². The Labute approximate surface area is 113 Å². The number of nitrogens with zero attached hydrogens (tertiary/aromatic N) is 1. The number of anilines is 1. The Hall–Kier alpha value is -1.64. The average molecular weight is 257 g/mol. The van der Waals surface area contributed by atoms with Crippen molar-refractivity contribution < 1.29 is 9.59 Å². The largest absolute Gasteiger partial charge is 0.274 e. The summed E-state index contributed by atoms with van der Waals surface area (Å²) in [7, 11) is 0. The lowest BCUT2D eigenvalue weighted by molar-refractivity contribution is -0.122. The molecule has 1 aromatic rings. The molecule has 2 atom stereocenters. The Kier molecular flexibility index (Phi) is 2.92. The third-order valence-corrected chi connectivity index (χ3v) is 4.59. The fraction of sp³-hybridized carbons (Fsp3) is 0.500. The van der Waals surface area contributed by atoms with Gasteiger partial charge in [-0.2, -0.15) is 0 Å². The molecule has 2 aliphatic rings. The number of hydrogen-bond donors (Lipinski definition) is 0. The highest BCUT2D eigenvalue weighted by Crippen LogP contribution is 2.40. The zero-order valence-corrected chi connectivity index (χ0v) is 11.5. The first kappa shape index (κ1) is 12.4. The van der Waals surface area contributed by atoms with Gasteiger partial charge in [0.25, 0.3) is 0 Å². The molecule has 3 rings (SSSR count). The van der Waals surface area contributed by atoms with Gasteiger partial charge in [-0.15, -0.1) is 0 Å². The van der Waals surface area contributed by atoms with Gasteiger partial charge in [0.05, 0.1) is 17.5 Å². The molecule has 100 valence electrons. The van der Waals surface area contributed by atoms with Crippen LogP contribution in [-0.4, -0.2) is 11.8 Å². The van der Waals surface area contributed by atoms with E-state index in [2.05, 4.69) is 0 Å². The van der Waals surface area contributed by atoms with Crippen molar-refractivity contribution in [2.24, 2.45) is 11.8 Å². The molecule has 0 unspecified atom stereocenters. The quantitative estimate of drug-likeness (QED) is 0.725. The Balaban J connectivity index is 1.98. The van der Waals surface area contributed by atoms with Crippen LogP contribution in [0.25, 0.3) is 0 Å². The van der Waals surface area contributed by atoms with Crippen LogP contribution in [0.4, 0.5) is 5.69 Å². The van der Waals surface area contributed by atoms with E-state index in [1.54, 1.807) is 0 Å². The predicted molar refractivity (Wildman–Crippen MR) is 73.9 cm³/mol. The van der Waals surface area contributed by atoms with Crippen molar-refractivity contribution in [1.82, 2.24) is 0 Å². The van der Waals surface area contributed by atoms with Crippen LogP contribution in [-0.2, 0) is 9.59 Å². The Morgan fingerprint density at radius 3 is 2.05 bits per heavy atom. The summed E-state index contributed by atoms with van der Waals surface area (Å²) in [6, 6.07) is 5.81. The minimum Gasteiger partial charge on any atom is -0.274 e. The number of amides is 2. The normalized spacial score (nSPS) is 26.7. The molecule has 0 N–H and O–H groups in total. The Bertz CT molecular complexity index is 526. The smallest absolute Gasteiger partial charge is 0.237 e. The number of fused-ring (bicyclic) bond motifs is 1. The molecule has 3 nitrogen and oxygen atoms in total. The van der Waals surface area contributed by atoms with E-state index in [4.69, 9.17) is 0 Å². The second kappa shape index (κ2) is 4.48. The van der Waals surface area contributed by atoms with Gasteiger partial charge in [-0.25, -0.2) is 0 Å². The highest BCUT2D eigenvalue weighted by molar-refractivity contribution is 6.22. The molecule has 0 bridgehead atoms. The maximum absolute atomic E-state index is 12.5. The van der Waals surface area contributed by atoms with Crippen LogP contribution in [0.1, 0.15) is 36.8 Å². The zero-order chi connectivity index (χ0) is 13.6. The first-order chi connectivity index (χ1) is 9.09. The van der Waals surface area contributed by atoms with Crippen molar-refractivity contribution in [3.05, 3.63) is 29.3 Å². The molecule has 1 heterocycles. The van der Waals surface area contributed by atoms with Crippen LogP contribution in [0, 0.1) is 25.7 Å². The van der Waals surface area contributed by atoms with Crippen molar-refractivity contribution in [2.45, 2.75) is 39.5 Å². The van der Waals surface area contributed by atoms with Crippen molar-refractivity contribution in [1.29, 1.82) is 0 Å². The first-order valence-electron chi connectivity index (χ1n) is 7.04. The van der Waals surface area contributed by atoms with Crippen molar-refractivity contribution in [2.75, 3.05) is 4.90 Å². The fourth-order valence-corrected chi connectivity index (χ4v) is 3.28. The lowest BCUT2D eigenvalue weighted by Gasteiger charge is -2.19. The van der Waals surface area contributed by atoms with Gasteiger partial charge in [-0.3, -0.25) is 14.5 Å². The number of carbonyl (C=O) groups excluding carboxylic acids is 2. The zero-order valence-electron chi connectivity index (χ0n) is 11.5. The second-order valence-corrected chi connectivity index (χ2v) is 5.78. The van der Waals surface area contributed by atoms with E-state index in [0.717, 1.165) is 36.9 Å². The molecule has 2 amide bonds. The maximum atomic E-state index is 12.5. The Morgan fingerprint density at radius 1 is 0.947 bits per heavy atom.